The molecule has 0 radical (unpaired) electrons. The maximum absolute atomic E-state index is 11.7. The molecule has 4 nitrogen and oxygen atoms in total. The average Bonchev–Trinajstić information content (AvgIpc) is 2.76. The number of nitrogens with one attached hydrogen (secondary N) is 2. The third-order valence-corrected chi connectivity index (χ3v) is 4.71. The van der Waals surface area contributed by atoms with E-state index in [1.54, 1.807) is 11.3 Å². The average molecular weight is 417 g/mol. The number of amides is 1. The summed E-state index contributed by atoms with van der Waals surface area (Å²) in [6.07, 6.45) is 1.41. The lowest BCUT2D eigenvalue weighted by molar-refractivity contribution is -0.122. The van der Waals surface area contributed by atoms with E-state index in [-0.39, 0.29) is 24.4 Å². The highest BCUT2D eigenvalue weighted by Crippen LogP contribution is 2.18. The Morgan fingerprint density at radius 3 is 3.05 bits per heavy atom. The van der Waals surface area contributed by atoms with Gasteiger partial charge in [-0.05, 0) is 41.1 Å². The van der Waals surface area contributed by atoms with Crippen LogP contribution in [-0.4, -0.2) is 38.3 Å². The van der Waals surface area contributed by atoms with Crippen molar-refractivity contribution in [2.24, 2.45) is 0 Å². The van der Waals surface area contributed by atoms with Crippen molar-refractivity contribution in [3.63, 3.8) is 0 Å². The Balaban J connectivity index is 0.00000180. The number of morpholine rings is 1. The van der Waals surface area contributed by atoms with Crippen LogP contribution in [0.3, 0.4) is 0 Å². The molecule has 2 heterocycles. The molecule has 0 aromatic carbocycles. The number of thiophene rings is 1. The van der Waals surface area contributed by atoms with Crippen molar-refractivity contribution in [2.75, 3.05) is 26.3 Å². The lowest BCUT2D eigenvalue weighted by atomic mass is 10.2. The molecule has 2 N–H and O–H groups in total. The molecular formula is C12H18ClIN2O2S. The Hall–Kier alpha value is 0.110. The van der Waals surface area contributed by atoms with E-state index in [0.29, 0.717) is 19.6 Å². The standard InChI is InChI=1S/C12H17IN2O2S.ClH/c13-11-2-1-10(18-11)3-4-15-12(16)7-9-8-17-6-5-14-9;/h1-2,9,14H,3-8H2,(H,15,16);1H. The second-order valence-corrected chi connectivity index (χ2v) is 7.30. The lowest BCUT2D eigenvalue weighted by Gasteiger charge is -2.23. The van der Waals surface area contributed by atoms with Gasteiger partial charge < -0.3 is 15.4 Å². The Kier molecular flexibility index (Phi) is 8.24. The van der Waals surface area contributed by atoms with Gasteiger partial charge in [-0.1, -0.05) is 0 Å². The predicted octanol–water partition coefficient (Wildman–Crippen LogP) is 1.81. The van der Waals surface area contributed by atoms with E-state index in [0.717, 1.165) is 19.6 Å². The van der Waals surface area contributed by atoms with Gasteiger partial charge in [-0.25, -0.2) is 0 Å². The number of hydrogen-bond donors (Lipinski definition) is 2. The molecule has 1 amide bonds. The topological polar surface area (TPSA) is 50.4 Å². The van der Waals surface area contributed by atoms with Gasteiger partial charge in [-0.15, -0.1) is 23.7 Å². The van der Waals surface area contributed by atoms with E-state index < -0.39 is 0 Å². The van der Waals surface area contributed by atoms with Crippen LogP contribution < -0.4 is 10.6 Å². The molecule has 1 aliphatic heterocycles. The minimum Gasteiger partial charge on any atom is -0.378 e. The van der Waals surface area contributed by atoms with Crippen LogP contribution >= 0.6 is 46.3 Å². The smallest absolute Gasteiger partial charge is 0.221 e. The molecule has 7 heteroatoms. The largest absolute Gasteiger partial charge is 0.378 e. The van der Waals surface area contributed by atoms with Crippen LogP contribution in [-0.2, 0) is 16.0 Å². The highest BCUT2D eigenvalue weighted by atomic mass is 127. The van der Waals surface area contributed by atoms with Crippen molar-refractivity contribution in [1.29, 1.82) is 0 Å². The first-order chi connectivity index (χ1) is 8.74. The summed E-state index contributed by atoms with van der Waals surface area (Å²) < 4.78 is 6.61. The summed E-state index contributed by atoms with van der Waals surface area (Å²) in [5.41, 5.74) is 0. The maximum atomic E-state index is 11.7. The van der Waals surface area contributed by atoms with E-state index >= 15 is 0 Å². The molecule has 1 saturated heterocycles. The summed E-state index contributed by atoms with van der Waals surface area (Å²) in [5.74, 6) is 0.101. The second kappa shape index (κ2) is 9.12. The summed E-state index contributed by atoms with van der Waals surface area (Å²) >= 11 is 4.09. The molecule has 1 aromatic rings. The van der Waals surface area contributed by atoms with Crippen LogP contribution in [0, 0.1) is 2.88 Å². The molecule has 1 atom stereocenters. The first kappa shape index (κ1) is 17.2. The molecule has 1 unspecified atom stereocenters. The van der Waals surface area contributed by atoms with Crippen molar-refractivity contribution in [2.45, 2.75) is 18.9 Å². The first-order valence-electron chi connectivity index (χ1n) is 6.06. The van der Waals surface area contributed by atoms with Crippen LogP contribution in [0.5, 0.6) is 0 Å². The van der Waals surface area contributed by atoms with Crippen molar-refractivity contribution in [3.05, 3.63) is 19.9 Å². The molecule has 1 aliphatic rings. The normalized spacial score (nSPS) is 18.7. The number of halogens is 2. The van der Waals surface area contributed by atoms with Gasteiger partial charge in [0, 0.05) is 30.4 Å². The molecule has 1 aromatic heterocycles. The van der Waals surface area contributed by atoms with Gasteiger partial charge in [-0.2, -0.15) is 0 Å². The fraction of sp³-hybridized carbons (Fsp3) is 0.583. The minimum absolute atomic E-state index is 0. The highest BCUT2D eigenvalue weighted by molar-refractivity contribution is 14.1. The van der Waals surface area contributed by atoms with Crippen LogP contribution in [0.15, 0.2) is 12.1 Å². The summed E-state index contributed by atoms with van der Waals surface area (Å²) in [7, 11) is 0. The summed E-state index contributed by atoms with van der Waals surface area (Å²) in [6, 6.07) is 4.39. The second-order valence-electron chi connectivity index (χ2n) is 4.24. The lowest BCUT2D eigenvalue weighted by Crippen LogP contribution is -2.44. The monoisotopic (exact) mass is 416 g/mol. The van der Waals surface area contributed by atoms with Crippen LogP contribution in [0.25, 0.3) is 0 Å². The fourth-order valence-electron chi connectivity index (χ4n) is 1.86. The van der Waals surface area contributed by atoms with Crippen LogP contribution in [0.4, 0.5) is 0 Å². The SMILES string of the molecule is Cl.O=C(CC1COCCN1)NCCc1ccc(I)s1. The van der Waals surface area contributed by atoms with Crippen molar-refractivity contribution < 1.29 is 9.53 Å². The van der Waals surface area contributed by atoms with Crippen molar-refractivity contribution >= 4 is 52.2 Å². The van der Waals surface area contributed by atoms with Gasteiger partial charge in [0.05, 0.1) is 16.1 Å². The van der Waals surface area contributed by atoms with Gasteiger partial charge in [0.15, 0.2) is 0 Å². The maximum Gasteiger partial charge on any atom is 0.221 e. The van der Waals surface area contributed by atoms with Crippen molar-refractivity contribution in [3.8, 4) is 0 Å². The van der Waals surface area contributed by atoms with Gasteiger partial charge in [0.1, 0.15) is 0 Å². The zero-order chi connectivity index (χ0) is 12.8. The quantitative estimate of drug-likeness (QED) is 0.720. The van der Waals surface area contributed by atoms with Crippen LogP contribution in [0.2, 0.25) is 0 Å². The molecule has 0 spiro atoms. The third-order valence-electron chi connectivity index (χ3n) is 2.75. The first-order valence-corrected chi connectivity index (χ1v) is 7.95. The van der Waals surface area contributed by atoms with Crippen molar-refractivity contribution in [1.82, 2.24) is 10.6 Å². The van der Waals surface area contributed by atoms with Crippen LogP contribution in [0.1, 0.15) is 11.3 Å². The van der Waals surface area contributed by atoms with E-state index in [1.165, 1.54) is 7.76 Å². The summed E-state index contributed by atoms with van der Waals surface area (Å²) in [5, 5.41) is 6.23. The summed E-state index contributed by atoms with van der Waals surface area (Å²) in [6.45, 7) is 2.93. The van der Waals surface area contributed by atoms with Gasteiger partial charge in [0.2, 0.25) is 5.91 Å². The number of ether oxygens (including phenoxy) is 1. The zero-order valence-electron chi connectivity index (χ0n) is 10.5. The highest BCUT2D eigenvalue weighted by Gasteiger charge is 2.16. The zero-order valence-corrected chi connectivity index (χ0v) is 14.3. The molecule has 108 valence electrons. The number of rotatable bonds is 5. The Morgan fingerprint density at radius 1 is 1.58 bits per heavy atom. The van der Waals surface area contributed by atoms with E-state index in [4.69, 9.17) is 4.74 Å². The Labute approximate surface area is 137 Å². The predicted molar refractivity (Wildman–Crippen MR) is 88.2 cm³/mol. The minimum atomic E-state index is 0. The molecular weight excluding hydrogens is 399 g/mol. The van der Waals surface area contributed by atoms with Gasteiger partial charge in [0.25, 0.3) is 0 Å². The fourth-order valence-corrected chi connectivity index (χ4v) is 3.61. The van der Waals surface area contributed by atoms with E-state index in [2.05, 4.69) is 45.4 Å². The Morgan fingerprint density at radius 2 is 2.42 bits per heavy atom. The molecule has 2 rings (SSSR count). The molecule has 0 aliphatic carbocycles. The Bertz CT molecular complexity index is 397. The summed E-state index contributed by atoms with van der Waals surface area (Å²) in [4.78, 5) is 13.0. The number of hydrogen-bond acceptors (Lipinski definition) is 4. The van der Waals surface area contributed by atoms with Gasteiger partial charge in [-0.3, -0.25) is 4.79 Å². The molecule has 0 bridgehead atoms. The van der Waals surface area contributed by atoms with E-state index in [1.807, 2.05) is 0 Å². The number of carbonyl (C=O) groups is 1. The van der Waals surface area contributed by atoms with E-state index in [9.17, 15) is 4.79 Å². The molecule has 0 saturated carbocycles. The van der Waals surface area contributed by atoms with Gasteiger partial charge >= 0.3 is 0 Å². The molecule has 19 heavy (non-hydrogen) atoms. The number of carbonyl (C=O) groups excluding carboxylic acids is 1. The molecule has 1 fully saturated rings. The third kappa shape index (κ3) is 6.40.